The van der Waals surface area contributed by atoms with Crippen LogP contribution < -0.4 is 5.32 Å². The molecule has 92 valence electrons. The van der Waals surface area contributed by atoms with Gasteiger partial charge in [-0.05, 0) is 19.9 Å². The second kappa shape index (κ2) is 4.33. The number of hydrogen-bond acceptors (Lipinski definition) is 4. The number of pyridine rings is 1. The molecule has 0 radical (unpaired) electrons. The topological polar surface area (TPSA) is 65.5 Å². The number of aromatic nitrogens is 1. The molecule has 0 spiro atoms. The number of nitrogens with one attached hydrogen (secondary N) is 1. The maximum Gasteiger partial charge on any atom is 0.257 e. The molecular weight excluding hydrogens is 218 g/mol. The van der Waals surface area contributed by atoms with Gasteiger partial charge in [0.15, 0.2) is 0 Å². The molecule has 0 aromatic carbocycles. The number of hydrogen-bond donors (Lipinski definition) is 2. The van der Waals surface area contributed by atoms with Crippen LogP contribution in [0.5, 0.6) is 5.75 Å². The zero-order chi connectivity index (χ0) is 12.5. The van der Waals surface area contributed by atoms with Gasteiger partial charge in [0, 0.05) is 31.4 Å². The largest absolute Gasteiger partial charge is 0.505 e. The number of aromatic hydroxyl groups is 1. The maximum absolute atomic E-state index is 12.2. The van der Waals surface area contributed by atoms with Crippen LogP contribution >= 0.6 is 0 Å². The van der Waals surface area contributed by atoms with Crippen LogP contribution in [0.15, 0.2) is 18.5 Å². The summed E-state index contributed by atoms with van der Waals surface area (Å²) in [5.74, 6) is -0.201. The molecule has 1 aliphatic rings. The molecule has 17 heavy (non-hydrogen) atoms. The van der Waals surface area contributed by atoms with E-state index in [-0.39, 0.29) is 17.2 Å². The van der Waals surface area contributed by atoms with Gasteiger partial charge in [0.2, 0.25) is 0 Å². The molecule has 2 heterocycles. The van der Waals surface area contributed by atoms with E-state index < -0.39 is 0 Å². The standard InChI is InChI=1S/C12H17N3O2/c1-12(2)8-15(6-5-14-12)11(17)9-3-4-13-7-10(9)16/h3-4,7,14,16H,5-6,8H2,1-2H3. The number of carbonyl (C=O) groups is 1. The van der Waals surface area contributed by atoms with Crippen molar-refractivity contribution in [2.45, 2.75) is 19.4 Å². The minimum Gasteiger partial charge on any atom is -0.505 e. The summed E-state index contributed by atoms with van der Waals surface area (Å²) in [5.41, 5.74) is 0.231. The Balaban J connectivity index is 2.18. The van der Waals surface area contributed by atoms with E-state index in [2.05, 4.69) is 24.1 Å². The van der Waals surface area contributed by atoms with Crippen LogP contribution in [0.3, 0.4) is 0 Å². The van der Waals surface area contributed by atoms with Crippen molar-refractivity contribution in [2.75, 3.05) is 19.6 Å². The summed E-state index contributed by atoms with van der Waals surface area (Å²) in [7, 11) is 0. The zero-order valence-corrected chi connectivity index (χ0v) is 10.1. The van der Waals surface area contributed by atoms with Crippen molar-refractivity contribution in [3.8, 4) is 5.75 Å². The summed E-state index contributed by atoms with van der Waals surface area (Å²) in [4.78, 5) is 17.7. The highest BCUT2D eigenvalue weighted by Gasteiger charge is 2.29. The van der Waals surface area contributed by atoms with Crippen LogP contribution in [0.4, 0.5) is 0 Å². The fourth-order valence-electron chi connectivity index (χ4n) is 2.05. The lowest BCUT2D eigenvalue weighted by Gasteiger charge is -2.39. The van der Waals surface area contributed by atoms with Crippen molar-refractivity contribution in [2.24, 2.45) is 0 Å². The number of piperazine rings is 1. The molecule has 5 heteroatoms. The zero-order valence-electron chi connectivity index (χ0n) is 10.1. The van der Waals surface area contributed by atoms with Crippen molar-refractivity contribution in [1.82, 2.24) is 15.2 Å². The van der Waals surface area contributed by atoms with E-state index in [9.17, 15) is 9.90 Å². The number of carbonyl (C=O) groups excluding carboxylic acids is 1. The molecule has 5 nitrogen and oxygen atoms in total. The van der Waals surface area contributed by atoms with Gasteiger partial charge in [-0.1, -0.05) is 0 Å². The van der Waals surface area contributed by atoms with Crippen molar-refractivity contribution in [3.05, 3.63) is 24.0 Å². The monoisotopic (exact) mass is 235 g/mol. The van der Waals surface area contributed by atoms with Crippen molar-refractivity contribution >= 4 is 5.91 Å². The third kappa shape index (κ3) is 2.55. The third-order valence-electron chi connectivity index (χ3n) is 2.89. The van der Waals surface area contributed by atoms with Gasteiger partial charge >= 0.3 is 0 Å². The molecular formula is C12H17N3O2. The molecule has 0 aliphatic carbocycles. The van der Waals surface area contributed by atoms with Gasteiger partial charge in [0.25, 0.3) is 5.91 Å². The second-order valence-corrected chi connectivity index (χ2v) is 4.93. The lowest BCUT2D eigenvalue weighted by molar-refractivity contribution is 0.0649. The average Bonchev–Trinajstić information content (AvgIpc) is 2.27. The summed E-state index contributed by atoms with van der Waals surface area (Å²) in [6.07, 6.45) is 2.81. The van der Waals surface area contributed by atoms with Crippen molar-refractivity contribution in [1.29, 1.82) is 0 Å². The first-order valence-electron chi connectivity index (χ1n) is 5.67. The Kier molecular flexibility index (Phi) is 3.02. The molecule has 1 saturated heterocycles. The minimum absolute atomic E-state index is 0.0613. The van der Waals surface area contributed by atoms with Crippen LogP contribution in [-0.4, -0.2) is 46.1 Å². The number of rotatable bonds is 1. The summed E-state index contributed by atoms with van der Waals surface area (Å²) in [6.45, 7) is 6.17. The first kappa shape index (κ1) is 11.9. The smallest absolute Gasteiger partial charge is 0.257 e. The Morgan fingerprint density at radius 3 is 3.00 bits per heavy atom. The molecule has 1 amide bonds. The Bertz CT molecular complexity index is 432. The molecule has 1 aromatic rings. The Labute approximate surface area is 100 Å². The lowest BCUT2D eigenvalue weighted by Crippen LogP contribution is -2.58. The van der Waals surface area contributed by atoms with Gasteiger partial charge < -0.3 is 15.3 Å². The minimum atomic E-state index is -0.139. The first-order valence-corrected chi connectivity index (χ1v) is 5.67. The quantitative estimate of drug-likeness (QED) is 0.748. The van der Waals surface area contributed by atoms with Gasteiger partial charge in [0.1, 0.15) is 5.75 Å². The summed E-state index contributed by atoms with van der Waals surface area (Å²) in [5, 5.41) is 13.0. The fraction of sp³-hybridized carbons (Fsp3) is 0.500. The van der Waals surface area contributed by atoms with E-state index in [0.717, 1.165) is 6.54 Å². The third-order valence-corrected chi connectivity index (χ3v) is 2.89. The summed E-state index contributed by atoms with van der Waals surface area (Å²) in [6, 6.07) is 1.55. The molecule has 0 saturated carbocycles. The SMILES string of the molecule is CC1(C)CN(C(=O)c2ccncc2O)CCN1. The van der Waals surface area contributed by atoms with Crippen LogP contribution in [-0.2, 0) is 0 Å². The van der Waals surface area contributed by atoms with Gasteiger partial charge in [-0.3, -0.25) is 9.78 Å². The number of nitrogens with zero attached hydrogens (tertiary/aromatic N) is 2. The van der Waals surface area contributed by atoms with Crippen LogP contribution in [0, 0.1) is 0 Å². The van der Waals surface area contributed by atoms with Gasteiger partial charge in [0.05, 0.1) is 11.8 Å². The second-order valence-electron chi connectivity index (χ2n) is 4.93. The van der Waals surface area contributed by atoms with E-state index in [1.54, 1.807) is 11.0 Å². The normalized spacial score (nSPS) is 19.1. The molecule has 0 unspecified atom stereocenters. The van der Waals surface area contributed by atoms with E-state index >= 15 is 0 Å². The van der Waals surface area contributed by atoms with E-state index in [1.165, 1.54) is 12.4 Å². The molecule has 1 aromatic heterocycles. The van der Waals surface area contributed by atoms with Gasteiger partial charge in [-0.25, -0.2) is 0 Å². The van der Waals surface area contributed by atoms with Crippen molar-refractivity contribution < 1.29 is 9.90 Å². The highest BCUT2D eigenvalue weighted by molar-refractivity contribution is 5.96. The van der Waals surface area contributed by atoms with Gasteiger partial charge in [-0.15, -0.1) is 0 Å². The van der Waals surface area contributed by atoms with E-state index in [1.807, 2.05) is 0 Å². The Hall–Kier alpha value is -1.62. The average molecular weight is 235 g/mol. The Morgan fingerprint density at radius 1 is 1.59 bits per heavy atom. The van der Waals surface area contributed by atoms with Crippen LogP contribution in [0.1, 0.15) is 24.2 Å². The van der Waals surface area contributed by atoms with Crippen LogP contribution in [0.2, 0.25) is 0 Å². The van der Waals surface area contributed by atoms with Crippen molar-refractivity contribution in [3.63, 3.8) is 0 Å². The highest BCUT2D eigenvalue weighted by Crippen LogP contribution is 2.19. The number of amides is 1. The molecule has 2 N–H and O–H groups in total. The van der Waals surface area contributed by atoms with E-state index in [0.29, 0.717) is 18.7 Å². The summed E-state index contributed by atoms with van der Waals surface area (Å²) < 4.78 is 0. The fourth-order valence-corrected chi connectivity index (χ4v) is 2.05. The molecule has 0 bridgehead atoms. The Morgan fingerprint density at radius 2 is 2.35 bits per heavy atom. The molecule has 0 atom stereocenters. The van der Waals surface area contributed by atoms with E-state index in [4.69, 9.17) is 0 Å². The summed E-state index contributed by atoms with van der Waals surface area (Å²) >= 11 is 0. The maximum atomic E-state index is 12.2. The predicted octanol–water partition coefficient (Wildman–Crippen LogP) is 0.611. The molecule has 1 fully saturated rings. The predicted molar refractivity (Wildman–Crippen MR) is 63.9 cm³/mol. The molecule has 2 rings (SSSR count). The highest BCUT2D eigenvalue weighted by atomic mass is 16.3. The van der Waals surface area contributed by atoms with Crippen LogP contribution in [0.25, 0.3) is 0 Å². The first-order chi connectivity index (χ1) is 7.99. The lowest BCUT2D eigenvalue weighted by atomic mass is 10.0. The molecule has 1 aliphatic heterocycles. The van der Waals surface area contributed by atoms with Gasteiger partial charge in [-0.2, -0.15) is 0 Å².